The fourth-order valence-corrected chi connectivity index (χ4v) is 2.66. The minimum Gasteiger partial charge on any atom is -0.368 e. The average Bonchev–Trinajstić information content (AvgIpc) is 2.20. The number of nitrogens with one attached hydrogen (secondary N) is 1. The van der Waals surface area contributed by atoms with Gasteiger partial charge in [-0.25, -0.2) is 4.98 Å². The highest BCUT2D eigenvalue weighted by molar-refractivity contribution is 9.11. The molecule has 0 amide bonds. The molecule has 0 aliphatic heterocycles. The van der Waals surface area contributed by atoms with E-state index in [0.29, 0.717) is 0 Å². The highest BCUT2D eigenvalue weighted by Crippen LogP contribution is 2.23. The van der Waals surface area contributed by atoms with Crippen LogP contribution in [-0.4, -0.2) is 23.0 Å². The molecule has 0 aromatic carbocycles. The molecule has 0 radical (unpaired) electrons. The summed E-state index contributed by atoms with van der Waals surface area (Å²) in [5.41, 5.74) is 0. The van der Waals surface area contributed by atoms with Crippen molar-refractivity contribution < 1.29 is 0 Å². The largest absolute Gasteiger partial charge is 0.368 e. The summed E-state index contributed by atoms with van der Waals surface area (Å²) in [6.07, 6.45) is 3.70. The van der Waals surface area contributed by atoms with Crippen LogP contribution in [0.1, 0.15) is 0 Å². The van der Waals surface area contributed by atoms with Crippen LogP contribution in [0.3, 0.4) is 0 Å². The molecule has 0 unspecified atom stereocenters. The van der Waals surface area contributed by atoms with Crippen molar-refractivity contribution in [2.24, 2.45) is 0 Å². The molecule has 1 heterocycles. The first-order chi connectivity index (χ1) is 7.24. The maximum Gasteiger partial charge on any atom is 0.140 e. The van der Waals surface area contributed by atoms with E-state index in [9.17, 15) is 0 Å². The molecular weight excluding hydrogens is 340 g/mol. The maximum absolute atomic E-state index is 4.26. The Labute approximate surface area is 111 Å². The average molecular weight is 352 g/mol. The van der Waals surface area contributed by atoms with Crippen molar-refractivity contribution in [2.45, 2.75) is 0 Å². The highest BCUT2D eigenvalue weighted by atomic mass is 79.9. The summed E-state index contributed by atoms with van der Waals surface area (Å²) in [5, 5.41) is 3.27. The molecule has 0 fully saturated rings. The predicted molar refractivity (Wildman–Crippen MR) is 75.6 cm³/mol. The number of hydrogen-bond donors (Lipinski definition) is 1. The number of nitrogens with zero attached hydrogens (tertiary/aromatic N) is 1. The molecule has 1 rings (SSSR count). The first-order valence-corrected chi connectivity index (χ1v) is 7.21. The second-order valence-corrected chi connectivity index (χ2v) is 5.69. The van der Waals surface area contributed by atoms with Crippen LogP contribution in [0.15, 0.2) is 33.9 Å². The van der Waals surface area contributed by atoms with E-state index >= 15 is 0 Å². The maximum atomic E-state index is 4.26. The van der Waals surface area contributed by atoms with Crippen molar-refractivity contribution in [3.63, 3.8) is 0 Å². The van der Waals surface area contributed by atoms with Crippen molar-refractivity contribution in [1.29, 1.82) is 0 Å². The Balaban J connectivity index is 2.34. The van der Waals surface area contributed by atoms with Crippen LogP contribution in [0.2, 0.25) is 0 Å². The SMILES string of the molecule is C=CCSCCNc1ncc(Br)cc1Br. The summed E-state index contributed by atoms with van der Waals surface area (Å²) < 4.78 is 1.95. The molecule has 0 atom stereocenters. The van der Waals surface area contributed by atoms with Crippen LogP contribution in [-0.2, 0) is 0 Å². The molecule has 0 bridgehead atoms. The van der Waals surface area contributed by atoms with Gasteiger partial charge in [-0.1, -0.05) is 6.08 Å². The van der Waals surface area contributed by atoms with E-state index in [2.05, 4.69) is 48.7 Å². The van der Waals surface area contributed by atoms with Gasteiger partial charge in [0.05, 0.1) is 4.47 Å². The Bertz CT molecular complexity index is 331. The number of aromatic nitrogens is 1. The number of anilines is 1. The van der Waals surface area contributed by atoms with Crippen LogP contribution >= 0.6 is 43.6 Å². The third-order valence-corrected chi connectivity index (χ3v) is 3.58. The second-order valence-electron chi connectivity index (χ2n) is 2.77. The molecule has 0 aliphatic carbocycles. The van der Waals surface area contributed by atoms with Crippen molar-refractivity contribution in [2.75, 3.05) is 23.4 Å². The third-order valence-electron chi connectivity index (χ3n) is 1.58. The molecule has 1 N–H and O–H groups in total. The smallest absolute Gasteiger partial charge is 0.140 e. The summed E-state index contributed by atoms with van der Waals surface area (Å²) in [6, 6.07) is 1.98. The number of rotatable bonds is 6. The number of pyridine rings is 1. The van der Waals surface area contributed by atoms with Gasteiger partial charge in [0.15, 0.2) is 0 Å². The van der Waals surface area contributed by atoms with E-state index in [-0.39, 0.29) is 0 Å². The Morgan fingerprint density at radius 2 is 2.33 bits per heavy atom. The van der Waals surface area contributed by atoms with Gasteiger partial charge in [-0.05, 0) is 37.9 Å². The molecule has 82 valence electrons. The van der Waals surface area contributed by atoms with E-state index in [4.69, 9.17) is 0 Å². The first-order valence-electron chi connectivity index (χ1n) is 4.47. The number of halogens is 2. The molecule has 2 nitrogen and oxygen atoms in total. The van der Waals surface area contributed by atoms with Gasteiger partial charge in [0.25, 0.3) is 0 Å². The Hall–Kier alpha value is -0.000000000000000111. The summed E-state index contributed by atoms with van der Waals surface area (Å²) in [7, 11) is 0. The van der Waals surface area contributed by atoms with Crippen molar-refractivity contribution in [1.82, 2.24) is 4.98 Å². The minimum atomic E-state index is 0.886. The molecule has 1 aromatic rings. The van der Waals surface area contributed by atoms with Gasteiger partial charge in [0, 0.05) is 28.7 Å². The van der Waals surface area contributed by atoms with E-state index in [1.807, 2.05) is 23.9 Å². The second kappa shape index (κ2) is 7.30. The van der Waals surface area contributed by atoms with E-state index in [1.54, 1.807) is 6.20 Å². The quantitative estimate of drug-likeness (QED) is 0.620. The molecular formula is C10H12Br2N2S. The van der Waals surface area contributed by atoms with Crippen LogP contribution in [0.4, 0.5) is 5.82 Å². The zero-order valence-corrected chi connectivity index (χ0v) is 12.2. The molecule has 15 heavy (non-hydrogen) atoms. The van der Waals surface area contributed by atoms with E-state index in [1.165, 1.54) is 0 Å². The van der Waals surface area contributed by atoms with Gasteiger partial charge >= 0.3 is 0 Å². The van der Waals surface area contributed by atoms with Crippen LogP contribution in [0.5, 0.6) is 0 Å². The summed E-state index contributed by atoms with van der Waals surface area (Å²) in [5.74, 6) is 2.93. The molecule has 0 saturated carbocycles. The lowest BCUT2D eigenvalue weighted by atomic mass is 10.4. The van der Waals surface area contributed by atoms with Gasteiger partial charge in [-0.2, -0.15) is 11.8 Å². The van der Waals surface area contributed by atoms with Crippen LogP contribution < -0.4 is 5.32 Å². The standard InChI is InChI=1S/C10H12Br2N2S/c1-2-4-15-5-3-13-10-9(12)6-8(11)7-14-10/h2,6-7H,1,3-5H2,(H,13,14). The Morgan fingerprint density at radius 3 is 3.00 bits per heavy atom. The van der Waals surface area contributed by atoms with E-state index in [0.717, 1.165) is 32.8 Å². The topological polar surface area (TPSA) is 24.9 Å². The number of thioether (sulfide) groups is 1. The fourth-order valence-electron chi connectivity index (χ4n) is 0.953. The molecule has 0 spiro atoms. The predicted octanol–water partition coefficient (Wildman–Crippen LogP) is 3.94. The normalized spacial score (nSPS) is 10.0. The molecule has 0 aliphatic rings. The Morgan fingerprint density at radius 1 is 1.53 bits per heavy atom. The fraction of sp³-hybridized carbons (Fsp3) is 0.300. The summed E-state index contributed by atoms with van der Waals surface area (Å²) in [6.45, 7) is 4.58. The van der Waals surface area contributed by atoms with Gasteiger partial charge < -0.3 is 5.32 Å². The van der Waals surface area contributed by atoms with Gasteiger partial charge in [-0.3, -0.25) is 0 Å². The highest BCUT2D eigenvalue weighted by Gasteiger charge is 2.00. The van der Waals surface area contributed by atoms with Crippen molar-refractivity contribution in [3.8, 4) is 0 Å². The lowest BCUT2D eigenvalue weighted by Crippen LogP contribution is -2.06. The molecule has 1 aromatic heterocycles. The molecule has 5 heteroatoms. The van der Waals surface area contributed by atoms with Crippen molar-refractivity contribution >= 4 is 49.4 Å². The van der Waals surface area contributed by atoms with Gasteiger partial charge in [-0.15, -0.1) is 6.58 Å². The van der Waals surface area contributed by atoms with E-state index < -0.39 is 0 Å². The van der Waals surface area contributed by atoms with Crippen LogP contribution in [0, 0.1) is 0 Å². The summed E-state index contributed by atoms with van der Waals surface area (Å²) in [4.78, 5) is 4.26. The molecule has 0 saturated heterocycles. The van der Waals surface area contributed by atoms with Gasteiger partial charge in [0.1, 0.15) is 5.82 Å². The minimum absolute atomic E-state index is 0.886. The lowest BCUT2D eigenvalue weighted by molar-refractivity contribution is 1.16. The third kappa shape index (κ3) is 5.04. The Kier molecular flexibility index (Phi) is 6.36. The van der Waals surface area contributed by atoms with Crippen molar-refractivity contribution in [3.05, 3.63) is 33.9 Å². The first kappa shape index (κ1) is 13.1. The number of hydrogen-bond acceptors (Lipinski definition) is 3. The monoisotopic (exact) mass is 350 g/mol. The zero-order chi connectivity index (χ0) is 11.1. The van der Waals surface area contributed by atoms with Gasteiger partial charge in [0.2, 0.25) is 0 Å². The van der Waals surface area contributed by atoms with Crippen LogP contribution in [0.25, 0.3) is 0 Å². The summed E-state index contributed by atoms with van der Waals surface area (Å²) >= 11 is 8.66. The lowest BCUT2D eigenvalue weighted by Gasteiger charge is -2.06. The zero-order valence-electron chi connectivity index (χ0n) is 8.17.